The van der Waals surface area contributed by atoms with Crippen molar-refractivity contribution in [3.05, 3.63) is 23.9 Å². The Kier molecular flexibility index (Phi) is 3.01. The van der Waals surface area contributed by atoms with Crippen LogP contribution in [-0.2, 0) is 9.84 Å². The second kappa shape index (κ2) is 4.33. The molecular weight excluding hydrogens is 240 g/mol. The van der Waals surface area contributed by atoms with E-state index in [-0.39, 0.29) is 5.75 Å². The Morgan fingerprint density at radius 3 is 2.82 bits per heavy atom. The number of hydrogen-bond donors (Lipinski definition) is 1. The lowest BCUT2D eigenvalue weighted by Crippen LogP contribution is -2.14. The summed E-state index contributed by atoms with van der Waals surface area (Å²) in [6.07, 6.45) is 1.20. The summed E-state index contributed by atoms with van der Waals surface area (Å²) >= 11 is 0. The third kappa shape index (κ3) is 2.94. The van der Waals surface area contributed by atoms with Gasteiger partial charge in [0.1, 0.15) is 9.84 Å². The molecule has 0 fully saturated rings. The highest BCUT2D eigenvalue weighted by atomic mass is 32.2. The van der Waals surface area contributed by atoms with Crippen molar-refractivity contribution in [2.45, 2.75) is 6.92 Å². The Morgan fingerprint density at radius 2 is 2.18 bits per heavy atom. The summed E-state index contributed by atoms with van der Waals surface area (Å²) in [5.74, 6) is 0.518. The molecule has 0 amide bonds. The largest absolute Gasteiger partial charge is 0.352 e. The van der Waals surface area contributed by atoms with E-state index in [2.05, 4.69) is 15.4 Å². The van der Waals surface area contributed by atoms with Crippen molar-refractivity contribution >= 4 is 21.4 Å². The van der Waals surface area contributed by atoms with Crippen LogP contribution in [-0.4, -0.2) is 41.6 Å². The van der Waals surface area contributed by atoms with Crippen LogP contribution in [0, 0.1) is 6.92 Å². The number of aromatic nitrogens is 3. The molecule has 0 spiro atoms. The van der Waals surface area contributed by atoms with Crippen LogP contribution in [0.3, 0.4) is 0 Å². The third-order valence-corrected chi connectivity index (χ3v) is 3.25. The van der Waals surface area contributed by atoms with E-state index in [1.807, 2.05) is 25.1 Å². The van der Waals surface area contributed by atoms with Gasteiger partial charge < -0.3 is 5.32 Å². The number of anilines is 1. The first-order valence-corrected chi connectivity index (χ1v) is 7.26. The van der Waals surface area contributed by atoms with E-state index in [9.17, 15) is 8.42 Å². The Labute approximate surface area is 99.6 Å². The van der Waals surface area contributed by atoms with Gasteiger partial charge in [-0.15, -0.1) is 5.10 Å². The zero-order valence-corrected chi connectivity index (χ0v) is 10.5. The lowest BCUT2D eigenvalue weighted by Gasteiger charge is -1.99. The normalized spacial score (nSPS) is 11.9. The standard InChI is InChI=1S/C10H14N4O2S/c1-8-4-3-5-9-12-10(13-14(8)9)11-6-7-17(2,15)16/h3-5H,6-7H2,1-2H3,(H,11,13). The average molecular weight is 254 g/mol. The van der Waals surface area contributed by atoms with Crippen molar-refractivity contribution in [2.24, 2.45) is 0 Å². The van der Waals surface area contributed by atoms with Crippen LogP contribution in [0.5, 0.6) is 0 Å². The molecule has 92 valence electrons. The lowest BCUT2D eigenvalue weighted by molar-refractivity contribution is 0.602. The van der Waals surface area contributed by atoms with Gasteiger partial charge in [0.2, 0.25) is 5.95 Å². The van der Waals surface area contributed by atoms with Crippen LogP contribution < -0.4 is 5.32 Å². The fourth-order valence-electron chi connectivity index (χ4n) is 1.46. The summed E-state index contributed by atoms with van der Waals surface area (Å²) in [5.41, 5.74) is 1.72. The van der Waals surface area contributed by atoms with E-state index in [0.29, 0.717) is 12.5 Å². The van der Waals surface area contributed by atoms with E-state index >= 15 is 0 Å². The Bertz CT molecular complexity index is 633. The molecule has 2 aromatic rings. The number of nitrogens with zero attached hydrogens (tertiary/aromatic N) is 3. The van der Waals surface area contributed by atoms with Gasteiger partial charge >= 0.3 is 0 Å². The van der Waals surface area contributed by atoms with Gasteiger partial charge in [-0.05, 0) is 19.1 Å². The fraction of sp³-hybridized carbons (Fsp3) is 0.400. The van der Waals surface area contributed by atoms with Crippen molar-refractivity contribution in [1.82, 2.24) is 14.6 Å². The SMILES string of the molecule is Cc1cccc2nc(NCCS(C)(=O)=O)nn12. The van der Waals surface area contributed by atoms with Crippen molar-refractivity contribution < 1.29 is 8.42 Å². The first-order chi connectivity index (χ1) is 7.96. The molecule has 0 aliphatic heterocycles. The second-order valence-corrected chi connectivity index (χ2v) is 6.19. The quantitative estimate of drug-likeness (QED) is 0.859. The van der Waals surface area contributed by atoms with E-state index in [1.54, 1.807) is 4.52 Å². The van der Waals surface area contributed by atoms with Gasteiger partial charge in [0.15, 0.2) is 5.65 Å². The van der Waals surface area contributed by atoms with Crippen molar-refractivity contribution in [3.8, 4) is 0 Å². The molecule has 2 heterocycles. The van der Waals surface area contributed by atoms with Crippen molar-refractivity contribution in [2.75, 3.05) is 23.9 Å². The van der Waals surface area contributed by atoms with Gasteiger partial charge in [0.05, 0.1) is 5.75 Å². The molecule has 0 saturated heterocycles. The van der Waals surface area contributed by atoms with E-state index in [0.717, 1.165) is 11.3 Å². The topological polar surface area (TPSA) is 76.4 Å². The number of pyridine rings is 1. The highest BCUT2D eigenvalue weighted by Gasteiger charge is 2.06. The molecule has 2 aromatic heterocycles. The predicted molar refractivity (Wildman–Crippen MR) is 65.9 cm³/mol. The number of nitrogens with one attached hydrogen (secondary N) is 1. The smallest absolute Gasteiger partial charge is 0.243 e. The lowest BCUT2D eigenvalue weighted by atomic mass is 10.4. The molecule has 0 bridgehead atoms. The molecule has 1 N–H and O–H groups in total. The van der Waals surface area contributed by atoms with Gasteiger partial charge in [-0.1, -0.05) is 6.07 Å². The monoisotopic (exact) mass is 254 g/mol. The van der Waals surface area contributed by atoms with Gasteiger partial charge in [-0.2, -0.15) is 4.98 Å². The summed E-state index contributed by atoms with van der Waals surface area (Å²) in [7, 11) is -2.96. The molecule has 0 radical (unpaired) electrons. The maximum Gasteiger partial charge on any atom is 0.243 e. The minimum atomic E-state index is -2.96. The first kappa shape index (κ1) is 11.8. The molecule has 0 atom stereocenters. The van der Waals surface area contributed by atoms with E-state index in [4.69, 9.17) is 0 Å². The number of aryl methyl sites for hydroxylation is 1. The maximum atomic E-state index is 11.0. The van der Waals surface area contributed by atoms with Gasteiger partial charge in [-0.25, -0.2) is 12.9 Å². The van der Waals surface area contributed by atoms with Crippen LogP contribution in [0.2, 0.25) is 0 Å². The zero-order chi connectivity index (χ0) is 12.5. The third-order valence-electron chi connectivity index (χ3n) is 2.30. The number of hydrogen-bond acceptors (Lipinski definition) is 5. The second-order valence-electron chi connectivity index (χ2n) is 3.93. The zero-order valence-electron chi connectivity index (χ0n) is 9.71. The molecule has 17 heavy (non-hydrogen) atoms. The molecule has 0 aliphatic rings. The Balaban J connectivity index is 2.12. The molecule has 0 unspecified atom stereocenters. The molecule has 0 aromatic carbocycles. The fourth-order valence-corrected chi connectivity index (χ4v) is 1.93. The molecule has 2 rings (SSSR count). The summed E-state index contributed by atoms with van der Waals surface area (Å²) < 4.78 is 23.6. The molecular formula is C10H14N4O2S. The van der Waals surface area contributed by atoms with Crippen LogP contribution >= 0.6 is 0 Å². The maximum absolute atomic E-state index is 11.0. The number of fused-ring (bicyclic) bond motifs is 1. The highest BCUT2D eigenvalue weighted by Crippen LogP contribution is 2.07. The summed E-state index contributed by atoms with van der Waals surface area (Å²) in [4.78, 5) is 4.24. The Morgan fingerprint density at radius 1 is 1.41 bits per heavy atom. The average Bonchev–Trinajstić information content (AvgIpc) is 2.60. The predicted octanol–water partition coefficient (Wildman–Crippen LogP) is 0.494. The summed E-state index contributed by atoms with van der Waals surface area (Å²) in [6, 6.07) is 5.68. The van der Waals surface area contributed by atoms with Crippen LogP contribution in [0.4, 0.5) is 5.95 Å². The number of rotatable bonds is 4. The van der Waals surface area contributed by atoms with E-state index < -0.39 is 9.84 Å². The van der Waals surface area contributed by atoms with Gasteiger partial charge in [-0.3, -0.25) is 0 Å². The van der Waals surface area contributed by atoms with Crippen molar-refractivity contribution in [3.63, 3.8) is 0 Å². The van der Waals surface area contributed by atoms with E-state index in [1.165, 1.54) is 6.26 Å². The Hall–Kier alpha value is -1.63. The highest BCUT2D eigenvalue weighted by molar-refractivity contribution is 7.90. The minimum Gasteiger partial charge on any atom is -0.352 e. The molecule has 0 saturated carbocycles. The van der Waals surface area contributed by atoms with Crippen LogP contribution in [0.15, 0.2) is 18.2 Å². The van der Waals surface area contributed by atoms with Crippen molar-refractivity contribution in [1.29, 1.82) is 0 Å². The number of sulfone groups is 1. The van der Waals surface area contributed by atoms with Crippen LogP contribution in [0.1, 0.15) is 5.69 Å². The van der Waals surface area contributed by atoms with Gasteiger partial charge in [0.25, 0.3) is 0 Å². The van der Waals surface area contributed by atoms with Gasteiger partial charge in [0, 0.05) is 18.5 Å². The summed E-state index contributed by atoms with van der Waals surface area (Å²) in [6.45, 7) is 2.25. The summed E-state index contributed by atoms with van der Waals surface area (Å²) in [5, 5.41) is 7.13. The first-order valence-electron chi connectivity index (χ1n) is 5.20. The minimum absolute atomic E-state index is 0.0710. The molecule has 0 aliphatic carbocycles. The van der Waals surface area contributed by atoms with Crippen LogP contribution in [0.25, 0.3) is 5.65 Å². The molecule has 6 nitrogen and oxygen atoms in total. The molecule has 7 heteroatoms.